The number of hydrogen-bond donors (Lipinski definition) is 1. The number of methoxy groups -OCH3 is 1. The van der Waals surface area contributed by atoms with Crippen molar-refractivity contribution in [3.63, 3.8) is 0 Å². The summed E-state index contributed by atoms with van der Waals surface area (Å²) < 4.78 is 30.2. The lowest BCUT2D eigenvalue weighted by molar-refractivity contribution is -0.0751. The second kappa shape index (κ2) is 13.7. The first-order valence-corrected chi connectivity index (χ1v) is 20.2. The van der Waals surface area contributed by atoms with Crippen molar-refractivity contribution < 1.29 is 18.5 Å². The van der Waals surface area contributed by atoms with Crippen molar-refractivity contribution in [3.05, 3.63) is 99.9 Å². The molecule has 1 amide bonds. The van der Waals surface area contributed by atoms with Crippen LogP contribution in [0.3, 0.4) is 0 Å². The molecule has 0 radical (unpaired) electrons. The molecule has 1 spiro atoms. The number of benzene rings is 2. The van der Waals surface area contributed by atoms with Crippen LogP contribution in [0.15, 0.2) is 66.9 Å². The minimum atomic E-state index is -2.96. The molecule has 1 saturated carbocycles. The second-order valence-corrected chi connectivity index (χ2v) is 18.1. The highest BCUT2D eigenvalue weighted by Crippen LogP contribution is 2.50. The van der Waals surface area contributed by atoms with Crippen molar-refractivity contribution in [1.29, 1.82) is 0 Å². The van der Waals surface area contributed by atoms with Crippen LogP contribution < -0.4 is 14.4 Å². The van der Waals surface area contributed by atoms with Crippen LogP contribution in [-0.2, 0) is 32.7 Å². The quantitative estimate of drug-likeness (QED) is 0.223. The number of anilines is 1. The molecule has 7 atom stereocenters. The molecule has 1 aromatic heterocycles. The zero-order valence-corrected chi connectivity index (χ0v) is 31.3. The Bertz CT molecular complexity index is 1910. The van der Waals surface area contributed by atoms with Gasteiger partial charge in [-0.05, 0) is 129 Å². The smallest absolute Gasteiger partial charge is 0.262 e. The molecule has 3 heterocycles. The fraction of sp³-hybridized carbons (Fsp3) is 0.488. The number of ether oxygens (including phenoxy) is 2. The molecule has 50 heavy (non-hydrogen) atoms. The topological polar surface area (TPSA) is 80.8 Å². The van der Waals surface area contributed by atoms with Gasteiger partial charge < -0.3 is 14.4 Å². The number of amides is 1. The van der Waals surface area contributed by atoms with Gasteiger partial charge in [0, 0.05) is 59.8 Å². The zero-order valence-electron chi connectivity index (χ0n) is 29.8. The Hall–Kier alpha value is -3.33. The van der Waals surface area contributed by atoms with Gasteiger partial charge in [0.25, 0.3) is 5.91 Å². The first-order chi connectivity index (χ1) is 23.9. The molecule has 0 saturated heterocycles. The number of carbonyl (C=O) groups excluding carboxylic acids is 1. The molecule has 4 aliphatic rings. The third-order valence-corrected chi connectivity index (χ3v) is 14.7. The summed E-state index contributed by atoms with van der Waals surface area (Å²) in [5.41, 5.74) is 5.32. The minimum absolute atomic E-state index is 0.00756. The van der Waals surface area contributed by atoms with E-state index in [-0.39, 0.29) is 28.4 Å². The molecule has 1 N–H and O–H groups in total. The van der Waals surface area contributed by atoms with E-state index >= 15 is 0 Å². The van der Waals surface area contributed by atoms with Crippen molar-refractivity contribution in [2.75, 3.05) is 31.7 Å². The van der Waals surface area contributed by atoms with Crippen LogP contribution in [0.25, 0.3) is 0 Å². The number of fused-ring (bicyclic) bond motifs is 4. The van der Waals surface area contributed by atoms with Crippen LogP contribution in [0, 0.1) is 24.7 Å². The van der Waals surface area contributed by atoms with E-state index in [1.807, 2.05) is 44.5 Å². The molecule has 1 unspecified atom stereocenters. The Morgan fingerprint density at radius 3 is 2.78 bits per heavy atom. The van der Waals surface area contributed by atoms with Crippen molar-refractivity contribution >= 4 is 38.8 Å². The average molecular weight is 716 g/mol. The van der Waals surface area contributed by atoms with Crippen LogP contribution in [-0.4, -0.2) is 58.6 Å². The molecule has 9 heteroatoms. The van der Waals surface area contributed by atoms with Crippen LogP contribution in [0.1, 0.15) is 78.7 Å². The normalized spacial score (nSPS) is 33.2. The molecule has 1 fully saturated rings. The summed E-state index contributed by atoms with van der Waals surface area (Å²) in [6.07, 6.45) is 12.8. The van der Waals surface area contributed by atoms with Gasteiger partial charge in [0.1, 0.15) is 5.75 Å². The molecular formula is C41H50ClN3O4S. The van der Waals surface area contributed by atoms with Gasteiger partial charge in [-0.2, -0.15) is 0 Å². The highest BCUT2D eigenvalue weighted by Gasteiger charge is 2.49. The summed E-state index contributed by atoms with van der Waals surface area (Å²) in [7, 11) is -1.13. The van der Waals surface area contributed by atoms with E-state index in [1.54, 1.807) is 6.07 Å². The van der Waals surface area contributed by atoms with E-state index in [9.17, 15) is 9.00 Å². The number of pyridine rings is 1. The number of allylic oxidation sites excluding steroid dienone is 1. The molecule has 266 valence electrons. The van der Waals surface area contributed by atoms with Gasteiger partial charge in [-0.25, -0.2) is 4.21 Å². The number of hydrogen-bond acceptors (Lipinski definition) is 6. The van der Waals surface area contributed by atoms with Crippen LogP contribution in [0.2, 0.25) is 5.02 Å². The molecule has 7 nitrogen and oxygen atoms in total. The highest BCUT2D eigenvalue weighted by molar-refractivity contribution is 7.99. The predicted molar refractivity (Wildman–Crippen MR) is 204 cm³/mol. The number of carbonyl (C=O) groups is 1. The Morgan fingerprint density at radius 1 is 1.18 bits per heavy atom. The SMILES string of the molecule is C=S1(=O)NC(=O)c2ccc3c(c2)N(C[C@@H]2CC[C@H]2[C@@](Cc2ncccc2C)(OC)/C=C/C[C@H](C)[C@H]1C)C[C@@]1(CCCc2cc(Cl)ccc21)CO3. The van der Waals surface area contributed by atoms with E-state index in [4.69, 9.17) is 26.1 Å². The molecule has 2 bridgehead atoms. The standard InChI is InChI=1S/C41H50ClN3O4S/c1-27-9-6-19-41(48-4,23-36-28(2)10-8-20-43-36)35-15-12-32(35)24-45-25-40(18-7-11-30-21-33(42)14-16-34(30)40)26-49-38-17-13-31(22-37(38)45)39(46)44-50(5,47)29(27)3/h6,8,10,13-14,16-17,19-22,27,29,32,35H,5,7,9,11-12,15,18,23-26H2,1-4H3,(H,44,46,47)/b19-6+/t27-,29+,32-,35+,40-,41+,50?/m0/s1. The third-order valence-electron chi connectivity index (χ3n) is 12.3. The number of aromatic nitrogens is 1. The Morgan fingerprint density at radius 2 is 2.02 bits per heavy atom. The lowest BCUT2D eigenvalue weighted by atomic mass is 9.62. The van der Waals surface area contributed by atoms with Crippen LogP contribution in [0.5, 0.6) is 5.75 Å². The number of halogens is 1. The maximum atomic E-state index is 14.0. The largest absolute Gasteiger partial charge is 0.490 e. The van der Waals surface area contributed by atoms with Gasteiger partial charge in [0.05, 0.1) is 27.6 Å². The first-order valence-electron chi connectivity index (χ1n) is 18.1. The summed E-state index contributed by atoms with van der Waals surface area (Å²) in [4.78, 5) is 21.0. The number of aryl methyl sites for hydroxylation is 2. The Labute approximate surface area is 302 Å². The monoisotopic (exact) mass is 715 g/mol. The van der Waals surface area contributed by atoms with E-state index in [2.05, 4.69) is 59.7 Å². The number of nitrogens with one attached hydrogen (secondary N) is 1. The molecule has 3 aromatic rings. The Balaban J connectivity index is 1.34. The van der Waals surface area contributed by atoms with Gasteiger partial charge in [-0.1, -0.05) is 42.8 Å². The van der Waals surface area contributed by atoms with E-state index in [0.29, 0.717) is 30.9 Å². The molecule has 2 aromatic carbocycles. The Kier molecular flexibility index (Phi) is 9.59. The lowest BCUT2D eigenvalue weighted by Crippen LogP contribution is -2.54. The average Bonchev–Trinajstić information content (AvgIpc) is 3.23. The van der Waals surface area contributed by atoms with E-state index < -0.39 is 15.3 Å². The second-order valence-electron chi connectivity index (χ2n) is 15.3. The van der Waals surface area contributed by atoms with Crippen LogP contribution >= 0.6 is 11.6 Å². The van der Waals surface area contributed by atoms with Gasteiger partial charge in [-0.15, -0.1) is 0 Å². The molecule has 7 rings (SSSR count). The van der Waals surface area contributed by atoms with E-state index in [1.165, 1.54) is 11.1 Å². The van der Waals surface area contributed by atoms with Gasteiger partial charge in [-0.3, -0.25) is 14.5 Å². The summed E-state index contributed by atoms with van der Waals surface area (Å²) in [6.45, 7) is 8.18. The maximum Gasteiger partial charge on any atom is 0.262 e. The summed E-state index contributed by atoms with van der Waals surface area (Å²) in [5.74, 6) is 5.02. The van der Waals surface area contributed by atoms with Crippen molar-refractivity contribution in [1.82, 2.24) is 9.71 Å². The van der Waals surface area contributed by atoms with Crippen molar-refractivity contribution in [2.45, 2.75) is 82.0 Å². The van der Waals surface area contributed by atoms with Gasteiger partial charge >= 0.3 is 0 Å². The van der Waals surface area contributed by atoms with Crippen LogP contribution in [0.4, 0.5) is 5.69 Å². The van der Waals surface area contributed by atoms with E-state index in [0.717, 1.165) is 72.9 Å². The van der Waals surface area contributed by atoms with Gasteiger partial charge in [0.15, 0.2) is 0 Å². The third kappa shape index (κ3) is 6.48. The van der Waals surface area contributed by atoms with Gasteiger partial charge in [0.2, 0.25) is 0 Å². The number of nitrogens with zero attached hydrogens (tertiary/aromatic N) is 2. The highest BCUT2D eigenvalue weighted by atomic mass is 35.5. The molecule has 2 aliphatic heterocycles. The first kappa shape index (κ1) is 35.1. The predicted octanol–water partition coefficient (Wildman–Crippen LogP) is 7.52. The van der Waals surface area contributed by atoms with Crippen molar-refractivity contribution in [3.8, 4) is 5.75 Å². The maximum absolute atomic E-state index is 14.0. The summed E-state index contributed by atoms with van der Waals surface area (Å²) >= 11 is 6.50. The fourth-order valence-corrected chi connectivity index (χ4v) is 10.6. The molecule has 2 aliphatic carbocycles. The number of rotatable bonds is 3. The zero-order chi connectivity index (χ0) is 35.3. The van der Waals surface area contributed by atoms with Crippen molar-refractivity contribution in [2.24, 2.45) is 17.8 Å². The lowest BCUT2D eigenvalue weighted by Gasteiger charge is -2.50. The fourth-order valence-electron chi connectivity index (χ4n) is 8.90. The minimum Gasteiger partial charge on any atom is -0.490 e. The summed E-state index contributed by atoms with van der Waals surface area (Å²) in [5, 5.41) is 0.408. The molecular weight excluding hydrogens is 666 g/mol. The summed E-state index contributed by atoms with van der Waals surface area (Å²) in [6, 6.07) is 16.0.